The van der Waals surface area contributed by atoms with Crippen LogP contribution in [0, 0.1) is 6.92 Å². The molecule has 0 saturated heterocycles. The van der Waals surface area contributed by atoms with Crippen LogP contribution in [0.2, 0.25) is 0 Å². The van der Waals surface area contributed by atoms with Crippen molar-refractivity contribution in [3.63, 3.8) is 0 Å². The van der Waals surface area contributed by atoms with Crippen LogP contribution in [-0.2, 0) is 24.2 Å². The summed E-state index contributed by atoms with van der Waals surface area (Å²) in [4.78, 5) is 29.5. The fourth-order valence-corrected chi connectivity index (χ4v) is 3.94. The number of carbonyl (C=O) groups excluding carboxylic acids is 2. The topological polar surface area (TPSA) is 83.1 Å². The first kappa shape index (κ1) is 18.2. The van der Waals surface area contributed by atoms with Gasteiger partial charge in [-0.05, 0) is 49.8 Å². The fraction of sp³-hybridized carbons (Fsp3) is 0.318. The number of hydrogen-bond donors (Lipinski definition) is 3. The summed E-state index contributed by atoms with van der Waals surface area (Å²) in [5, 5.41) is 8.58. The fourth-order valence-electron chi connectivity index (χ4n) is 3.94. The summed E-state index contributed by atoms with van der Waals surface area (Å²) in [5.74, 6) is -0.197. The number of nitrogens with one attached hydrogen (secondary N) is 3. The number of amides is 3. The van der Waals surface area contributed by atoms with E-state index >= 15 is 0 Å². The Balaban J connectivity index is 1.55. The summed E-state index contributed by atoms with van der Waals surface area (Å²) < 4.78 is 0. The van der Waals surface area contributed by atoms with Crippen LogP contribution in [0.4, 0.5) is 4.79 Å². The summed E-state index contributed by atoms with van der Waals surface area (Å²) in [6.45, 7) is 4.15. The van der Waals surface area contributed by atoms with Gasteiger partial charge in [0, 0.05) is 24.1 Å². The van der Waals surface area contributed by atoms with Gasteiger partial charge in [0.05, 0.1) is 11.6 Å². The molecule has 0 spiro atoms. The molecule has 0 bridgehead atoms. The first-order valence-electron chi connectivity index (χ1n) is 9.61. The van der Waals surface area contributed by atoms with E-state index < -0.39 is 6.04 Å². The predicted molar refractivity (Wildman–Crippen MR) is 106 cm³/mol. The molecule has 1 aliphatic heterocycles. The van der Waals surface area contributed by atoms with Crippen molar-refractivity contribution in [2.45, 2.75) is 45.7 Å². The molecule has 2 heterocycles. The number of nitrogens with zero attached hydrogens (tertiary/aromatic N) is 1. The molecule has 2 aliphatic rings. The zero-order valence-electron chi connectivity index (χ0n) is 16.1. The van der Waals surface area contributed by atoms with E-state index in [0.717, 1.165) is 36.0 Å². The third-order valence-corrected chi connectivity index (χ3v) is 5.32. The highest BCUT2D eigenvalue weighted by atomic mass is 16.2. The number of pyridine rings is 1. The van der Waals surface area contributed by atoms with Gasteiger partial charge in [-0.25, -0.2) is 4.79 Å². The Labute approximate surface area is 164 Å². The van der Waals surface area contributed by atoms with Gasteiger partial charge in [-0.15, -0.1) is 0 Å². The number of rotatable bonds is 4. The molecule has 144 valence electrons. The standard InChI is InChI=1S/C22H24N4O2/c1-13-5-3-7-17(9-13)20-19(14(2)25-22(28)26-20)21(27)24-12-15-10-16-6-4-8-18(16)23-11-15/h3,5,7,9-11,20H,4,6,8,12H2,1-2H3,(H,24,27)(H2,25,26,28)/t20-/m0/s1. The number of hydrogen-bond acceptors (Lipinski definition) is 3. The third-order valence-electron chi connectivity index (χ3n) is 5.32. The Morgan fingerprint density at radius 3 is 2.93 bits per heavy atom. The highest BCUT2D eigenvalue weighted by Gasteiger charge is 2.31. The van der Waals surface area contributed by atoms with Crippen molar-refractivity contribution in [3.8, 4) is 0 Å². The SMILES string of the molecule is CC1=C(C(=O)NCc2cnc3c(c2)CCC3)[C@H](c2cccc(C)c2)NC(=O)N1. The van der Waals surface area contributed by atoms with E-state index in [2.05, 4.69) is 27.0 Å². The monoisotopic (exact) mass is 376 g/mol. The minimum absolute atomic E-state index is 0.197. The highest BCUT2D eigenvalue weighted by Crippen LogP contribution is 2.27. The van der Waals surface area contributed by atoms with Crippen molar-refractivity contribution in [3.05, 3.63) is 75.7 Å². The second-order valence-corrected chi connectivity index (χ2v) is 7.47. The lowest BCUT2D eigenvalue weighted by atomic mass is 9.94. The van der Waals surface area contributed by atoms with Crippen LogP contribution >= 0.6 is 0 Å². The minimum atomic E-state index is -0.480. The quantitative estimate of drug-likeness (QED) is 0.767. The molecule has 1 atom stereocenters. The van der Waals surface area contributed by atoms with Gasteiger partial charge in [-0.1, -0.05) is 35.9 Å². The largest absolute Gasteiger partial charge is 0.348 e. The lowest BCUT2D eigenvalue weighted by molar-refractivity contribution is -0.118. The van der Waals surface area contributed by atoms with Crippen molar-refractivity contribution < 1.29 is 9.59 Å². The average molecular weight is 376 g/mol. The Hall–Kier alpha value is -3.15. The Morgan fingerprint density at radius 2 is 2.11 bits per heavy atom. The molecular weight excluding hydrogens is 352 g/mol. The molecule has 6 nitrogen and oxygen atoms in total. The molecular formula is C22H24N4O2. The van der Waals surface area contributed by atoms with Crippen molar-refractivity contribution >= 4 is 11.9 Å². The van der Waals surface area contributed by atoms with E-state index in [1.54, 1.807) is 6.92 Å². The summed E-state index contributed by atoms with van der Waals surface area (Å²) in [6, 6.07) is 9.18. The Bertz CT molecular complexity index is 980. The smallest absolute Gasteiger partial charge is 0.319 e. The van der Waals surface area contributed by atoms with Crippen LogP contribution in [0.5, 0.6) is 0 Å². The molecule has 2 aromatic rings. The van der Waals surface area contributed by atoms with E-state index in [9.17, 15) is 9.59 Å². The van der Waals surface area contributed by atoms with Crippen molar-refractivity contribution in [2.24, 2.45) is 0 Å². The molecule has 1 aromatic carbocycles. The lowest BCUT2D eigenvalue weighted by Gasteiger charge is -2.29. The zero-order valence-corrected chi connectivity index (χ0v) is 16.1. The molecule has 3 amide bonds. The number of aryl methyl sites for hydroxylation is 3. The maximum atomic E-state index is 13.0. The number of aromatic nitrogens is 1. The van der Waals surface area contributed by atoms with Crippen molar-refractivity contribution in [1.29, 1.82) is 0 Å². The number of fused-ring (bicyclic) bond motifs is 1. The van der Waals surface area contributed by atoms with Crippen LogP contribution in [0.25, 0.3) is 0 Å². The molecule has 0 saturated carbocycles. The van der Waals surface area contributed by atoms with E-state index in [1.807, 2.05) is 37.4 Å². The van der Waals surface area contributed by atoms with Crippen molar-refractivity contribution in [1.82, 2.24) is 20.9 Å². The van der Waals surface area contributed by atoms with E-state index in [4.69, 9.17) is 0 Å². The maximum absolute atomic E-state index is 13.0. The maximum Gasteiger partial charge on any atom is 0.319 e. The Morgan fingerprint density at radius 1 is 1.25 bits per heavy atom. The number of urea groups is 1. The van der Waals surface area contributed by atoms with E-state index in [-0.39, 0.29) is 11.9 Å². The van der Waals surface area contributed by atoms with Gasteiger partial charge in [-0.2, -0.15) is 0 Å². The molecule has 1 aliphatic carbocycles. The molecule has 0 fully saturated rings. The molecule has 28 heavy (non-hydrogen) atoms. The summed E-state index contributed by atoms with van der Waals surface area (Å²) in [5.41, 5.74) is 6.51. The highest BCUT2D eigenvalue weighted by molar-refractivity contribution is 5.98. The second kappa shape index (κ2) is 7.46. The van der Waals surface area contributed by atoms with Gasteiger partial charge in [0.1, 0.15) is 0 Å². The van der Waals surface area contributed by atoms with Gasteiger partial charge in [0.15, 0.2) is 0 Å². The molecule has 4 rings (SSSR count). The summed E-state index contributed by atoms with van der Waals surface area (Å²) >= 11 is 0. The predicted octanol–water partition coefficient (Wildman–Crippen LogP) is 2.82. The normalized spacial score (nSPS) is 18.4. The number of benzene rings is 1. The van der Waals surface area contributed by atoms with Gasteiger partial charge < -0.3 is 16.0 Å². The van der Waals surface area contributed by atoms with Gasteiger partial charge in [0.2, 0.25) is 0 Å². The molecule has 0 unspecified atom stereocenters. The number of carbonyl (C=O) groups is 2. The van der Waals surface area contributed by atoms with E-state index in [0.29, 0.717) is 17.8 Å². The average Bonchev–Trinajstić information content (AvgIpc) is 3.13. The summed E-state index contributed by atoms with van der Waals surface area (Å²) in [6.07, 6.45) is 5.08. The zero-order chi connectivity index (χ0) is 19.7. The summed E-state index contributed by atoms with van der Waals surface area (Å²) in [7, 11) is 0. The van der Waals surface area contributed by atoms with Crippen LogP contribution in [0.1, 0.15) is 47.3 Å². The van der Waals surface area contributed by atoms with Crippen molar-refractivity contribution in [2.75, 3.05) is 0 Å². The van der Waals surface area contributed by atoms with Crippen LogP contribution in [0.15, 0.2) is 47.8 Å². The molecule has 0 radical (unpaired) electrons. The van der Waals surface area contributed by atoms with E-state index in [1.165, 1.54) is 11.3 Å². The van der Waals surface area contributed by atoms with Crippen LogP contribution in [0.3, 0.4) is 0 Å². The molecule has 6 heteroatoms. The molecule has 3 N–H and O–H groups in total. The van der Waals surface area contributed by atoms with Gasteiger partial charge >= 0.3 is 6.03 Å². The molecule has 1 aromatic heterocycles. The lowest BCUT2D eigenvalue weighted by Crippen LogP contribution is -2.46. The third kappa shape index (κ3) is 3.63. The first-order valence-corrected chi connectivity index (χ1v) is 9.61. The Kier molecular flexibility index (Phi) is 4.86. The number of allylic oxidation sites excluding steroid dienone is 1. The van der Waals surface area contributed by atoms with Gasteiger partial charge in [0.25, 0.3) is 5.91 Å². The van der Waals surface area contributed by atoms with Crippen LogP contribution < -0.4 is 16.0 Å². The van der Waals surface area contributed by atoms with Gasteiger partial charge in [-0.3, -0.25) is 9.78 Å². The second-order valence-electron chi connectivity index (χ2n) is 7.47. The first-order chi connectivity index (χ1) is 13.5. The van der Waals surface area contributed by atoms with Crippen LogP contribution in [-0.4, -0.2) is 16.9 Å². The minimum Gasteiger partial charge on any atom is -0.348 e.